The summed E-state index contributed by atoms with van der Waals surface area (Å²) in [5.74, 6) is 1.28. The number of benzene rings is 2. The van der Waals surface area contributed by atoms with Gasteiger partial charge in [0.1, 0.15) is 29.0 Å². The number of aromatic amines is 1. The molecule has 4 aromatic rings. The Morgan fingerprint density at radius 2 is 2.17 bits per heavy atom. The minimum absolute atomic E-state index is 0.289. The number of carbonyl (C=O) groups excluding carboxylic acids is 1. The van der Waals surface area contributed by atoms with Gasteiger partial charge in [-0.25, -0.2) is 0 Å². The molecular weight excluding hydrogens is 476 g/mol. The standard InChI is InChI=1S/C28H29ClN4O3/c1-3-32-9-8-20(32)14-33-15-24(22-6-4-17(12-25(22)33)23-13-30-31-28(23)29)27-19(16-34)10-18-11-21(35-2)5-7-26(18)36-27/h4-7,11-13,15-16,19-20,27H,3,8-10,14H2,1-2H3,(H,30,31)/t19?,20-,27+/m1/s1. The summed E-state index contributed by atoms with van der Waals surface area (Å²) < 4.78 is 14.2. The molecular formula is C28H29ClN4O3. The van der Waals surface area contributed by atoms with E-state index >= 15 is 0 Å². The van der Waals surface area contributed by atoms with Gasteiger partial charge >= 0.3 is 0 Å². The summed E-state index contributed by atoms with van der Waals surface area (Å²) in [6.45, 7) is 5.29. The highest BCUT2D eigenvalue weighted by atomic mass is 35.5. The summed E-state index contributed by atoms with van der Waals surface area (Å²) in [5.41, 5.74) is 5.01. The lowest BCUT2D eigenvalue weighted by molar-refractivity contribution is -0.114. The van der Waals surface area contributed by atoms with Gasteiger partial charge in [0.25, 0.3) is 0 Å². The van der Waals surface area contributed by atoms with Crippen LogP contribution in [0.2, 0.25) is 5.15 Å². The van der Waals surface area contributed by atoms with Gasteiger partial charge in [0.05, 0.1) is 19.2 Å². The number of fused-ring (bicyclic) bond motifs is 2. The predicted molar refractivity (Wildman–Crippen MR) is 140 cm³/mol. The second-order valence-corrected chi connectivity index (χ2v) is 10.0. The van der Waals surface area contributed by atoms with Gasteiger partial charge in [0.2, 0.25) is 0 Å². The number of hydrogen-bond donors (Lipinski definition) is 1. The van der Waals surface area contributed by atoms with E-state index in [1.807, 2.05) is 18.2 Å². The predicted octanol–water partition coefficient (Wildman–Crippen LogP) is 5.28. The SMILES string of the molecule is CCN1CC[C@@H]1Cn1cc([C@H]2Oc3ccc(OC)cc3CC2C=O)c2ccc(-c3cn[nH]c3Cl)cc21. The number of nitrogens with one attached hydrogen (secondary N) is 1. The zero-order valence-corrected chi connectivity index (χ0v) is 21.2. The maximum atomic E-state index is 12.3. The molecule has 2 aliphatic heterocycles. The maximum absolute atomic E-state index is 12.3. The van der Waals surface area contributed by atoms with Crippen molar-refractivity contribution in [3.63, 3.8) is 0 Å². The van der Waals surface area contributed by atoms with Crippen molar-refractivity contribution >= 4 is 28.8 Å². The van der Waals surface area contributed by atoms with Crippen molar-refractivity contribution in [2.24, 2.45) is 5.92 Å². The van der Waals surface area contributed by atoms with Crippen LogP contribution >= 0.6 is 11.6 Å². The Hall–Kier alpha value is -3.29. The van der Waals surface area contributed by atoms with Crippen LogP contribution in [0.15, 0.2) is 48.8 Å². The number of nitrogens with zero attached hydrogens (tertiary/aromatic N) is 3. The number of methoxy groups -OCH3 is 1. The van der Waals surface area contributed by atoms with E-state index < -0.39 is 0 Å². The van der Waals surface area contributed by atoms with E-state index in [-0.39, 0.29) is 12.0 Å². The molecule has 0 radical (unpaired) electrons. The van der Waals surface area contributed by atoms with Crippen LogP contribution in [-0.2, 0) is 17.8 Å². The van der Waals surface area contributed by atoms with E-state index in [1.54, 1.807) is 13.3 Å². The first-order chi connectivity index (χ1) is 17.6. The molecule has 1 unspecified atom stereocenters. The lowest BCUT2D eigenvalue weighted by Crippen LogP contribution is -2.49. The molecule has 0 aliphatic carbocycles. The zero-order chi connectivity index (χ0) is 24.8. The van der Waals surface area contributed by atoms with Crippen molar-refractivity contribution in [3.05, 3.63) is 65.1 Å². The number of carbonyl (C=O) groups is 1. The number of ether oxygens (including phenoxy) is 2. The van der Waals surface area contributed by atoms with E-state index in [1.165, 1.54) is 6.42 Å². The van der Waals surface area contributed by atoms with E-state index in [9.17, 15) is 4.79 Å². The third-order valence-electron chi connectivity index (χ3n) is 7.74. The van der Waals surface area contributed by atoms with Crippen LogP contribution in [0.1, 0.15) is 30.6 Å². The van der Waals surface area contributed by atoms with Crippen molar-refractivity contribution in [2.45, 2.75) is 38.5 Å². The number of rotatable bonds is 7. The highest BCUT2D eigenvalue weighted by Crippen LogP contribution is 2.43. The Bertz CT molecular complexity index is 1430. The molecule has 4 heterocycles. The van der Waals surface area contributed by atoms with E-state index in [0.29, 0.717) is 17.6 Å². The summed E-state index contributed by atoms with van der Waals surface area (Å²) in [4.78, 5) is 14.8. The molecule has 2 aromatic heterocycles. The summed E-state index contributed by atoms with van der Waals surface area (Å²) in [5, 5.41) is 8.52. The smallest absolute Gasteiger partial charge is 0.136 e. The van der Waals surface area contributed by atoms with Gasteiger partial charge in [-0.3, -0.25) is 10.00 Å². The van der Waals surface area contributed by atoms with Crippen LogP contribution in [0.25, 0.3) is 22.0 Å². The second kappa shape index (κ2) is 9.30. The fourth-order valence-corrected chi connectivity index (χ4v) is 5.84. The van der Waals surface area contributed by atoms with Crippen molar-refractivity contribution in [3.8, 4) is 22.6 Å². The number of aldehydes is 1. The fourth-order valence-electron chi connectivity index (χ4n) is 5.64. The first-order valence-electron chi connectivity index (χ1n) is 12.4. The molecule has 2 aliphatic rings. The largest absolute Gasteiger partial charge is 0.497 e. The summed E-state index contributed by atoms with van der Waals surface area (Å²) >= 11 is 6.35. The number of halogens is 1. The van der Waals surface area contributed by atoms with Gasteiger partial charge in [0.15, 0.2) is 0 Å². The molecule has 186 valence electrons. The summed E-state index contributed by atoms with van der Waals surface area (Å²) in [6, 6.07) is 12.6. The fraction of sp³-hybridized carbons (Fsp3) is 0.357. The quantitative estimate of drug-likeness (QED) is 0.347. The number of likely N-dealkylation sites (tertiary alicyclic amines) is 1. The molecule has 1 fully saturated rings. The van der Waals surface area contributed by atoms with E-state index in [2.05, 4.69) is 51.0 Å². The van der Waals surface area contributed by atoms with Gasteiger partial charge in [-0.2, -0.15) is 5.10 Å². The van der Waals surface area contributed by atoms with E-state index in [4.69, 9.17) is 21.1 Å². The average molecular weight is 505 g/mol. The Labute approximate surface area is 214 Å². The molecule has 6 rings (SSSR count). The molecule has 0 bridgehead atoms. The van der Waals surface area contributed by atoms with Crippen LogP contribution in [0.3, 0.4) is 0 Å². The molecule has 36 heavy (non-hydrogen) atoms. The normalized spacial score (nSPS) is 21.6. The van der Waals surface area contributed by atoms with Crippen molar-refractivity contribution in [1.82, 2.24) is 19.7 Å². The lowest BCUT2D eigenvalue weighted by Gasteiger charge is -2.40. The highest BCUT2D eigenvalue weighted by Gasteiger charge is 2.34. The van der Waals surface area contributed by atoms with Crippen molar-refractivity contribution < 1.29 is 14.3 Å². The van der Waals surface area contributed by atoms with Crippen LogP contribution in [-0.4, -0.2) is 52.2 Å². The molecule has 3 atom stereocenters. The lowest BCUT2D eigenvalue weighted by atomic mass is 9.87. The molecule has 8 heteroatoms. The van der Waals surface area contributed by atoms with Gasteiger partial charge in [-0.05, 0) is 54.8 Å². The number of likely N-dealkylation sites (N-methyl/N-ethyl adjacent to an activating group) is 1. The average Bonchev–Trinajstić information content (AvgIpc) is 3.48. The van der Waals surface area contributed by atoms with Crippen molar-refractivity contribution in [1.29, 1.82) is 0 Å². The third-order valence-corrected chi connectivity index (χ3v) is 8.03. The highest BCUT2D eigenvalue weighted by molar-refractivity contribution is 6.32. The van der Waals surface area contributed by atoms with Crippen molar-refractivity contribution in [2.75, 3.05) is 20.2 Å². The molecule has 7 nitrogen and oxygen atoms in total. The monoisotopic (exact) mass is 504 g/mol. The molecule has 0 amide bonds. The minimum Gasteiger partial charge on any atom is -0.497 e. The molecule has 1 saturated heterocycles. The van der Waals surface area contributed by atoms with Gasteiger partial charge in [-0.1, -0.05) is 30.7 Å². The van der Waals surface area contributed by atoms with Crippen LogP contribution in [0, 0.1) is 5.92 Å². The number of aromatic nitrogens is 3. The topological polar surface area (TPSA) is 72.4 Å². The number of hydrogen-bond acceptors (Lipinski definition) is 5. The van der Waals surface area contributed by atoms with Gasteiger partial charge < -0.3 is 18.8 Å². The molecule has 0 spiro atoms. The minimum atomic E-state index is -0.362. The Balaban J connectivity index is 1.44. The molecule has 0 saturated carbocycles. The van der Waals surface area contributed by atoms with E-state index in [0.717, 1.165) is 70.6 Å². The first-order valence-corrected chi connectivity index (χ1v) is 12.8. The Kier molecular flexibility index (Phi) is 5.97. The Morgan fingerprint density at radius 3 is 2.86 bits per heavy atom. The van der Waals surface area contributed by atoms with Crippen LogP contribution in [0.4, 0.5) is 0 Å². The Morgan fingerprint density at radius 1 is 1.28 bits per heavy atom. The van der Waals surface area contributed by atoms with Crippen LogP contribution in [0.5, 0.6) is 11.5 Å². The molecule has 2 aromatic carbocycles. The van der Waals surface area contributed by atoms with Crippen LogP contribution < -0.4 is 9.47 Å². The second-order valence-electron chi connectivity index (χ2n) is 9.65. The van der Waals surface area contributed by atoms with Gasteiger partial charge in [-0.15, -0.1) is 0 Å². The molecule has 1 N–H and O–H groups in total. The maximum Gasteiger partial charge on any atom is 0.136 e. The van der Waals surface area contributed by atoms with Gasteiger partial charge in [0, 0.05) is 47.4 Å². The summed E-state index contributed by atoms with van der Waals surface area (Å²) in [7, 11) is 1.65. The summed E-state index contributed by atoms with van der Waals surface area (Å²) in [6.07, 6.45) is 6.40. The first kappa shape index (κ1) is 23.1. The third kappa shape index (κ3) is 3.87. The zero-order valence-electron chi connectivity index (χ0n) is 20.4. The number of H-pyrrole nitrogens is 1.